The molecule has 29 heavy (non-hydrogen) atoms. The lowest BCUT2D eigenvalue weighted by Crippen LogP contribution is -2.23. The van der Waals surface area contributed by atoms with Gasteiger partial charge in [0.1, 0.15) is 11.6 Å². The average molecular weight is 411 g/mol. The van der Waals surface area contributed by atoms with Gasteiger partial charge in [0.05, 0.1) is 5.69 Å². The minimum absolute atomic E-state index is 0.333. The van der Waals surface area contributed by atoms with E-state index in [1.54, 1.807) is 6.07 Å². The molecule has 0 heterocycles. The third-order valence-electron chi connectivity index (χ3n) is 3.67. The van der Waals surface area contributed by atoms with Crippen molar-refractivity contribution in [3.63, 3.8) is 0 Å². The van der Waals surface area contributed by atoms with Gasteiger partial charge in [-0.25, -0.2) is 9.18 Å². The van der Waals surface area contributed by atoms with Crippen molar-refractivity contribution < 1.29 is 23.5 Å². The lowest BCUT2D eigenvalue weighted by Gasteiger charge is -2.11. The van der Waals surface area contributed by atoms with Gasteiger partial charge in [-0.05, 0) is 48.5 Å². The number of rotatable bonds is 8. The summed E-state index contributed by atoms with van der Waals surface area (Å²) in [5, 5.41) is 2.75. The van der Waals surface area contributed by atoms with E-state index in [9.17, 15) is 14.0 Å². The van der Waals surface area contributed by atoms with Gasteiger partial charge in [-0.1, -0.05) is 42.1 Å². The molecule has 1 N–H and O–H groups in total. The third-order valence-corrected chi connectivity index (χ3v) is 4.75. The van der Waals surface area contributed by atoms with Crippen LogP contribution < -0.4 is 10.1 Å². The standard InChI is InChI=1S/C22H18FNO4S/c23-16-10-12-17(13-11-16)27-15-22(26)28-14-21(25)24-19-8-4-5-9-20(19)29-18-6-2-1-3-7-18/h1-13H,14-15H2,(H,24,25). The zero-order valence-corrected chi connectivity index (χ0v) is 16.2. The molecule has 7 heteroatoms. The molecule has 5 nitrogen and oxygen atoms in total. The quantitative estimate of drug-likeness (QED) is 0.552. The fourth-order valence-corrected chi connectivity index (χ4v) is 3.24. The van der Waals surface area contributed by atoms with Crippen molar-refractivity contribution in [2.75, 3.05) is 18.5 Å². The molecule has 0 atom stereocenters. The van der Waals surface area contributed by atoms with E-state index in [1.165, 1.54) is 36.0 Å². The third kappa shape index (κ3) is 6.65. The van der Waals surface area contributed by atoms with E-state index in [0.717, 1.165) is 9.79 Å². The topological polar surface area (TPSA) is 64.6 Å². The molecule has 0 fully saturated rings. The molecule has 3 rings (SSSR count). The number of carbonyl (C=O) groups is 2. The minimum atomic E-state index is -0.698. The summed E-state index contributed by atoms with van der Waals surface area (Å²) in [5.41, 5.74) is 0.630. The Labute approximate surface area is 171 Å². The Kier molecular flexibility index (Phi) is 7.24. The van der Waals surface area contributed by atoms with E-state index in [1.807, 2.05) is 48.5 Å². The van der Waals surface area contributed by atoms with E-state index in [2.05, 4.69) is 5.32 Å². The predicted octanol–water partition coefficient (Wildman–Crippen LogP) is 4.54. The monoisotopic (exact) mass is 411 g/mol. The number of hydrogen-bond acceptors (Lipinski definition) is 5. The van der Waals surface area contributed by atoms with Gasteiger partial charge >= 0.3 is 5.97 Å². The SMILES string of the molecule is O=C(COC(=O)COc1ccc(F)cc1)Nc1ccccc1Sc1ccccc1. The molecule has 0 radical (unpaired) electrons. The van der Waals surface area contributed by atoms with Crippen LogP contribution in [0.4, 0.5) is 10.1 Å². The maximum atomic E-state index is 12.8. The van der Waals surface area contributed by atoms with Crippen LogP contribution in [0.1, 0.15) is 0 Å². The van der Waals surface area contributed by atoms with Crippen molar-refractivity contribution >= 4 is 29.3 Å². The molecule has 3 aromatic carbocycles. The highest BCUT2D eigenvalue weighted by atomic mass is 32.2. The second-order valence-electron chi connectivity index (χ2n) is 5.86. The van der Waals surface area contributed by atoms with Gasteiger partial charge in [0.2, 0.25) is 0 Å². The molecular formula is C22H18FNO4S. The number of nitrogens with one attached hydrogen (secondary N) is 1. The molecule has 1 amide bonds. The summed E-state index contributed by atoms with van der Waals surface area (Å²) in [7, 11) is 0. The molecule has 0 unspecified atom stereocenters. The molecule has 0 saturated heterocycles. The van der Waals surface area contributed by atoms with Crippen molar-refractivity contribution in [2.45, 2.75) is 9.79 Å². The smallest absolute Gasteiger partial charge is 0.344 e. The molecule has 0 saturated carbocycles. The van der Waals surface area contributed by atoms with Gasteiger partial charge in [0.25, 0.3) is 5.91 Å². The minimum Gasteiger partial charge on any atom is -0.482 e. The van der Waals surface area contributed by atoms with Crippen molar-refractivity contribution in [1.29, 1.82) is 0 Å². The van der Waals surface area contributed by atoms with Crippen LogP contribution >= 0.6 is 11.8 Å². The molecule has 0 spiro atoms. The first-order chi connectivity index (χ1) is 14.1. The summed E-state index contributed by atoms with van der Waals surface area (Å²) in [6, 6.07) is 22.4. The largest absolute Gasteiger partial charge is 0.482 e. The van der Waals surface area contributed by atoms with Crippen LogP contribution in [-0.2, 0) is 14.3 Å². The highest BCUT2D eigenvalue weighted by molar-refractivity contribution is 7.99. The molecule has 0 aliphatic carbocycles. The first-order valence-corrected chi connectivity index (χ1v) is 9.57. The van der Waals surface area contributed by atoms with Gasteiger partial charge in [0, 0.05) is 9.79 Å². The Bertz CT molecular complexity index is 964. The Morgan fingerprint density at radius 1 is 0.862 bits per heavy atom. The van der Waals surface area contributed by atoms with E-state index < -0.39 is 24.3 Å². The molecular weight excluding hydrogens is 393 g/mol. The Balaban J connectivity index is 1.48. The Morgan fingerprint density at radius 3 is 2.31 bits per heavy atom. The van der Waals surface area contributed by atoms with Gasteiger partial charge in [0.15, 0.2) is 13.2 Å². The van der Waals surface area contributed by atoms with Gasteiger partial charge < -0.3 is 14.8 Å². The normalized spacial score (nSPS) is 10.2. The highest BCUT2D eigenvalue weighted by Gasteiger charge is 2.11. The Hall–Kier alpha value is -3.32. The first kappa shape index (κ1) is 20.4. The highest BCUT2D eigenvalue weighted by Crippen LogP contribution is 2.33. The lowest BCUT2D eigenvalue weighted by atomic mass is 10.3. The van der Waals surface area contributed by atoms with Gasteiger partial charge in [-0.3, -0.25) is 4.79 Å². The van der Waals surface area contributed by atoms with Crippen molar-refractivity contribution in [3.05, 3.63) is 84.7 Å². The summed E-state index contributed by atoms with van der Waals surface area (Å²) < 4.78 is 22.9. The molecule has 0 aliphatic rings. The second-order valence-corrected chi connectivity index (χ2v) is 6.98. The van der Waals surface area contributed by atoms with Crippen LogP contribution in [-0.4, -0.2) is 25.1 Å². The Morgan fingerprint density at radius 2 is 1.55 bits per heavy atom. The number of anilines is 1. The number of benzene rings is 3. The number of para-hydroxylation sites is 1. The van der Waals surface area contributed by atoms with Crippen LogP contribution in [0, 0.1) is 5.82 Å². The molecule has 3 aromatic rings. The predicted molar refractivity (Wildman–Crippen MR) is 108 cm³/mol. The van der Waals surface area contributed by atoms with Crippen molar-refractivity contribution in [1.82, 2.24) is 0 Å². The summed E-state index contributed by atoms with van der Waals surface area (Å²) in [5.74, 6) is -1.22. The van der Waals surface area contributed by atoms with Crippen LogP contribution in [0.15, 0.2) is 88.7 Å². The van der Waals surface area contributed by atoms with Crippen LogP contribution in [0.25, 0.3) is 0 Å². The maximum Gasteiger partial charge on any atom is 0.344 e. The number of esters is 1. The average Bonchev–Trinajstić information content (AvgIpc) is 2.74. The number of amides is 1. The van der Waals surface area contributed by atoms with Crippen molar-refractivity contribution in [3.8, 4) is 5.75 Å². The summed E-state index contributed by atoms with van der Waals surface area (Å²) in [6.07, 6.45) is 0. The number of hydrogen-bond donors (Lipinski definition) is 1. The number of ether oxygens (including phenoxy) is 2. The molecule has 0 aromatic heterocycles. The van der Waals surface area contributed by atoms with E-state index in [0.29, 0.717) is 11.4 Å². The van der Waals surface area contributed by atoms with E-state index >= 15 is 0 Å². The number of carbonyl (C=O) groups excluding carboxylic acids is 2. The maximum absolute atomic E-state index is 12.8. The zero-order valence-electron chi connectivity index (χ0n) is 15.3. The second kappa shape index (κ2) is 10.3. The van der Waals surface area contributed by atoms with Gasteiger partial charge in [-0.15, -0.1) is 0 Å². The molecule has 0 aliphatic heterocycles. The fraction of sp³-hybridized carbons (Fsp3) is 0.0909. The zero-order chi connectivity index (χ0) is 20.5. The summed E-state index contributed by atoms with van der Waals surface area (Å²) in [4.78, 5) is 25.8. The fourth-order valence-electron chi connectivity index (χ4n) is 2.32. The summed E-state index contributed by atoms with van der Waals surface area (Å²) >= 11 is 1.52. The van der Waals surface area contributed by atoms with Crippen molar-refractivity contribution in [2.24, 2.45) is 0 Å². The first-order valence-electron chi connectivity index (χ1n) is 8.76. The van der Waals surface area contributed by atoms with Crippen LogP contribution in [0.3, 0.4) is 0 Å². The lowest BCUT2D eigenvalue weighted by molar-refractivity contribution is -0.149. The summed E-state index contributed by atoms with van der Waals surface area (Å²) in [6.45, 7) is -0.810. The van der Waals surface area contributed by atoms with Gasteiger partial charge in [-0.2, -0.15) is 0 Å². The number of halogens is 1. The van der Waals surface area contributed by atoms with Crippen LogP contribution in [0.2, 0.25) is 0 Å². The van der Waals surface area contributed by atoms with Crippen LogP contribution in [0.5, 0.6) is 5.75 Å². The molecule has 148 valence electrons. The molecule has 0 bridgehead atoms. The van der Waals surface area contributed by atoms with E-state index in [4.69, 9.17) is 9.47 Å². The van der Waals surface area contributed by atoms with E-state index in [-0.39, 0.29) is 6.61 Å².